The lowest BCUT2D eigenvalue weighted by Gasteiger charge is -2.10. The van der Waals surface area contributed by atoms with Gasteiger partial charge in [-0.05, 0) is 36.8 Å². The topological polar surface area (TPSA) is 55.1 Å². The highest BCUT2D eigenvalue weighted by Gasteiger charge is 2.33. The Morgan fingerprint density at radius 1 is 1.29 bits per heavy atom. The molecule has 0 aliphatic carbocycles. The van der Waals surface area contributed by atoms with Crippen molar-refractivity contribution in [1.29, 1.82) is 0 Å². The van der Waals surface area contributed by atoms with Gasteiger partial charge in [0, 0.05) is 30.3 Å². The lowest BCUT2D eigenvalue weighted by molar-refractivity contribution is -0.137. The molecule has 0 radical (unpaired) electrons. The first-order valence-corrected chi connectivity index (χ1v) is 9.55. The molecule has 28 heavy (non-hydrogen) atoms. The molecule has 148 valence electrons. The number of amides is 1. The fourth-order valence-corrected chi connectivity index (χ4v) is 3.67. The monoisotopic (exact) mass is 428 g/mol. The number of alkyl halides is 3. The molecular weight excluding hydrogens is 413 g/mol. The summed E-state index contributed by atoms with van der Waals surface area (Å²) in [4.78, 5) is 16.9. The summed E-state index contributed by atoms with van der Waals surface area (Å²) in [5, 5.41) is 2.77. The molecule has 0 bridgehead atoms. The van der Waals surface area contributed by atoms with E-state index in [0.29, 0.717) is 17.1 Å². The van der Waals surface area contributed by atoms with E-state index in [1.54, 1.807) is 6.07 Å². The second-order valence-corrected chi connectivity index (χ2v) is 7.70. The van der Waals surface area contributed by atoms with Crippen LogP contribution in [0, 0.1) is 6.92 Å². The summed E-state index contributed by atoms with van der Waals surface area (Å²) in [6, 6.07) is 7.47. The summed E-state index contributed by atoms with van der Waals surface area (Å²) in [5.74, 6) is 1.31. The smallest absolute Gasteiger partial charge is 0.417 e. The van der Waals surface area contributed by atoms with Gasteiger partial charge in [-0.3, -0.25) is 4.79 Å². The maximum atomic E-state index is 13.0. The Hall–Kier alpha value is -2.32. The second kappa shape index (κ2) is 8.36. The number of aromatic nitrogens is 1. The summed E-state index contributed by atoms with van der Waals surface area (Å²) in [6.45, 7) is 1.83. The molecule has 0 spiro atoms. The third-order valence-corrected chi connectivity index (χ3v) is 5.15. The fraction of sp³-hybridized carbons (Fsp3) is 0.263. The zero-order chi connectivity index (χ0) is 20.3. The van der Waals surface area contributed by atoms with Crippen LogP contribution in [-0.2, 0) is 23.8 Å². The number of hydrogen-bond acceptors (Lipinski definition) is 4. The van der Waals surface area contributed by atoms with E-state index in [9.17, 15) is 18.0 Å². The number of benzene rings is 1. The molecule has 1 N–H and O–H groups in total. The molecule has 2 aromatic heterocycles. The van der Waals surface area contributed by atoms with Gasteiger partial charge >= 0.3 is 6.18 Å². The number of aryl methyl sites for hydroxylation is 2. The third-order valence-electron chi connectivity index (χ3n) is 3.91. The molecule has 0 saturated heterocycles. The highest BCUT2D eigenvalue weighted by atomic mass is 35.5. The van der Waals surface area contributed by atoms with Gasteiger partial charge in [-0.15, -0.1) is 11.3 Å². The first-order valence-electron chi connectivity index (χ1n) is 8.36. The van der Waals surface area contributed by atoms with Crippen molar-refractivity contribution >= 4 is 34.0 Å². The van der Waals surface area contributed by atoms with Crippen molar-refractivity contribution in [2.75, 3.05) is 5.32 Å². The molecule has 0 unspecified atom stereocenters. The maximum absolute atomic E-state index is 13.0. The predicted molar refractivity (Wildman–Crippen MR) is 102 cm³/mol. The molecule has 1 aromatic carbocycles. The number of carbonyl (C=O) groups excluding carboxylic acids is 1. The summed E-state index contributed by atoms with van der Waals surface area (Å²) < 4.78 is 44.3. The molecule has 0 aliphatic heterocycles. The van der Waals surface area contributed by atoms with E-state index < -0.39 is 11.7 Å². The molecule has 1 amide bonds. The lowest BCUT2D eigenvalue weighted by Crippen LogP contribution is -2.11. The van der Waals surface area contributed by atoms with E-state index in [-0.39, 0.29) is 23.8 Å². The number of thiazole rings is 1. The number of hydrogen-bond donors (Lipinski definition) is 1. The van der Waals surface area contributed by atoms with Crippen molar-refractivity contribution in [2.24, 2.45) is 0 Å². The van der Waals surface area contributed by atoms with E-state index in [1.807, 2.05) is 19.1 Å². The molecular formula is C19H16ClF3N2O2S. The van der Waals surface area contributed by atoms with Gasteiger partial charge in [-0.2, -0.15) is 13.2 Å². The van der Waals surface area contributed by atoms with Crippen LogP contribution in [0.5, 0.6) is 0 Å². The molecule has 3 rings (SSSR count). The van der Waals surface area contributed by atoms with E-state index in [1.165, 1.54) is 23.6 Å². The van der Waals surface area contributed by atoms with Crippen molar-refractivity contribution < 1.29 is 22.4 Å². The van der Waals surface area contributed by atoms with Gasteiger partial charge in [0.05, 0.1) is 10.6 Å². The van der Waals surface area contributed by atoms with E-state index in [2.05, 4.69) is 10.3 Å². The van der Waals surface area contributed by atoms with Crippen LogP contribution >= 0.6 is 22.9 Å². The zero-order valence-electron chi connectivity index (χ0n) is 14.8. The normalized spacial score (nSPS) is 11.6. The molecule has 0 fully saturated rings. The minimum absolute atomic E-state index is 0.208. The molecule has 2 heterocycles. The maximum Gasteiger partial charge on any atom is 0.417 e. The number of nitrogens with one attached hydrogen (secondary N) is 1. The lowest BCUT2D eigenvalue weighted by atomic mass is 10.1. The third kappa shape index (κ3) is 5.36. The van der Waals surface area contributed by atoms with Crippen LogP contribution in [0.1, 0.15) is 33.9 Å². The second-order valence-electron chi connectivity index (χ2n) is 6.18. The summed E-state index contributed by atoms with van der Waals surface area (Å²) in [5.41, 5.74) is -0.399. The Balaban J connectivity index is 1.59. The van der Waals surface area contributed by atoms with E-state index >= 15 is 0 Å². The Labute approximate surface area is 168 Å². The number of furan rings is 1. The van der Waals surface area contributed by atoms with Gasteiger partial charge in [0.2, 0.25) is 5.91 Å². The molecule has 0 atom stereocenters. The largest absolute Gasteiger partial charge is 0.466 e. The van der Waals surface area contributed by atoms with Gasteiger partial charge < -0.3 is 9.73 Å². The average molecular weight is 429 g/mol. The van der Waals surface area contributed by atoms with E-state index in [4.69, 9.17) is 16.0 Å². The minimum Gasteiger partial charge on any atom is -0.466 e. The SMILES string of the molecule is Cc1ccc(CCC(=O)Nc2ncc(Cc3ccc(Cl)c(C(F)(F)F)c3)s2)o1. The Bertz CT molecular complexity index is 982. The summed E-state index contributed by atoms with van der Waals surface area (Å²) >= 11 is 6.86. The molecule has 4 nitrogen and oxygen atoms in total. The van der Waals surface area contributed by atoms with Gasteiger partial charge in [-0.1, -0.05) is 17.7 Å². The molecule has 3 aromatic rings. The standard InChI is InChI=1S/C19H16ClF3N2O2S/c1-11-2-4-13(27-11)5-7-17(26)25-18-24-10-14(28-18)8-12-3-6-16(20)15(9-12)19(21,22)23/h2-4,6,9-10H,5,7-8H2,1H3,(H,24,25,26). The summed E-state index contributed by atoms with van der Waals surface area (Å²) in [7, 11) is 0. The molecule has 0 saturated carbocycles. The fourth-order valence-electron chi connectivity index (χ4n) is 2.59. The number of anilines is 1. The number of rotatable bonds is 6. The Kier molecular flexibility index (Phi) is 6.10. The number of halogens is 4. The van der Waals surface area contributed by atoms with Crippen molar-refractivity contribution in [3.63, 3.8) is 0 Å². The van der Waals surface area contributed by atoms with Crippen molar-refractivity contribution in [2.45, 2.75) is 32.4 Å². The van der Waals surface area contributed by atoms with E-state index in [0.717, 1.165) is 22.5 Å². The molecule has 0 aliphatic rings. The predicted octanol–water partition coefficient (Wildman–Crippen LogP) is 5.88. The Morgan fingerprint density at radius 2 is 2.07 bits per heavy atom. The van der Waals surface area contributed by atoms with Crippen LogP contribution in [0.2, 0.25) is 5.02 Å². The van der Waals surface area contributed by atoms with Gasteiger partial charge in [-0.25, -0.2) is 4.98 Å². The van der Waals surface area contributed by atoms with Crippen LogP contribution in [-0.4, -0.2) is 10.9 Å². The van der Waals surface area contributed by atoms with Crippen LogP contribution < -0.4 is 5.32 Å². The summed E-state index contributed by atoms with van der Waals surface area (Å²) in [6.07, 6.45) is -1.99. The number of nitrogens with zero attached hydrogens (tertiary/aromatic N) is 1. The van der Waals surface area contributed by atoms with Crippen LogP contribution in [0.4, 0.5) is 18.3 Å². The zero-order valence-corrected chi connectivity index (χ0v) is 16.3. The highest BCUT2D eigenvalue weighted by Crippen LogP contribution is 2.35. The van der Waals surface area contributed by atoms with Crippen molar-refractivity contribution in [3.05, 3.63) is 69.1 Å². The average Bonchev–Trinajstić information content (AvgIpc) is 3.22. The quantitative estimate of drug-likeness (QED) is 0.533. The van der Waals surface area contributed by atoms with Gasteiger partial charge in [0.15, 0.2) is 5.13 Å². The van der Waals surface area contributed by atoms with Crippen LogP contribution in [0.25, 0.3) is 0 Å². The van der Waals surface area contributed by atoms with Crippen molar-refractivity contribution in [1.82, 2.24) is 4.98 Å². The minimum atomic E-state index is -4.51. The Morgan fingerprint density at radius 3 is 2.75 bits per heavy atom. The van der Waals surface area contributed by atoms with Crippen LogP contribution in [0.3, 0.4) is 0 Å². The van der Waals surface area contributed by atoms with Gasteiger partial charge in [0.1, 0.15) is 11.5 Å². The first kappa shape index (κ1) is 20.4. The first-order chi connectivity index (χ1) is 13.2. The van der Waals surface area contributed by atoms with Crippen molar-refractivity contribution in [3.8, 4) is 0 Å². The highest BCUT2D eigenvalue weighted by molar-refractivity contribution is 7.15. The van der Waals surface area contributed by atoms with Gasteiger partial charge in [0.25, 0.3) is 0 Å². The molecule has 9 heteroatoms. The number of carbonyl (C=O) groups is 1. The van der Waals surface area contributed by atoms with Crippen LogP contribution in [0.15, 0.2) is 40.9 Å².